The molecule has 1 fully saturated rings. The van der Waals surface area contributed by atoms with Crippen molar-refractivity contribution in [2.45, 2.75) is 31.6 Å². The van der Waals surface area contributed by atoms with Gasteiger partial charge in [-0.2, -0.15) is 0 Å². The minimum absolute atomic E-state index is 0.237. The molecular weight excluding hydrogens is 146 g/mol. The normalized spacial score (nSPS) is 32.6. The number of hydrogen-bond donors (Lipinski definition) is 1. The van der Waals surface area contributed by atoms with Gasteiger partial charge in [-0.3, -0.25) is 4.79 Å². The molecule has 2 atom stereocenters. The Hall–Kier alpha value is -0.0200. The minimum Gasteiger partial charge on any atom is -0.313 e. The number of hydrogen-bond acceptors (Lipinski definition) is 3. The van der Waals surface area contributed by atoms with Crippen LogP contribution in [0.2, 0.25) is 0 Å². The Morgan fingerprint density at radius 2 is 2.40 bits per heavy atom. The maximum Gasteiger partial charge on any atom is 0.186 e. The van der Waals surface area contributed by atoms with Crippen molar-refractivity contribution < 1.29 is 4.79 Å². The Labute approximate surface area is 65.8 Å². The molecule has 1 aliphatic rings. The maximum atomic E-state index is 10.6. The number of nitrogens with one attached hydrogen (secondary N) is 1. The molecule has 0 aromatic carbocycles. The summed E-state index contributed by atoms with van der Waals surface area (Å²) in [5.41, 5.74) is 0. The molecule has 1 N–H and O–H groups in total. The highest BCUT2D eigenvalue weighted by Crippen LogP contribution is 2.20. The summed E-state index contributed by atoms with van der Waals surface area (Å²) in [6.45, 7) is 4.78. The molecule has 1 rings (SSSR count). The SMILES string of the molecule is CC(=O)SC1CNC(C)C1. The molecule has 0 spiro atoms. The predicted octanol–water partition coefficient (Wildman–Crippen LogP) is 1.02. The molecule has 0 aromatic rings. The van der Waals surface area contributed by atoms with Crippen LogP contribution in [0.5, 0.6) is 0 Å². The first-order valence-electron chi connectivity index (χ1n) is 3.59. The molecule has 1 aliphatic heterocycles. The van der Waals surface area contributed by atoms with Gasteiger partial charge in [-0.15, -0.1) is 0 Å². The van der Waals surface area contributed by atoms with Gasteiger partial charge < -0.3 is 5.32 Å². The highest BCUT2D eigenvalue weighted by Gasteiger charge is 2.21. The molecule has 0 bridgehead atoms. The quantitative estimate of drug-likeness (QED) is 0.619. The van der Waals surface area contributed by atoms with Gasteiger partial charge >= 0.3 is 0 Å². The largest absolute Gasteiger partial charge is 0.313 e. The lowest BCUT2D eigenvalue weighted by Crippen LogP contribution is -2.17. The van der Waals surface area contributed by atoms with Crippen LogP contribution in [0.1, 0.15) is 20.3 Å². The molecule has 1 saturated heterocycles. The van der Waals surface area contributed by atoms with Gasteiger partial charge in [0.25, 0.3) is 0 Å². The van der Waals surface area contributed by atoms with Crippen LogP contribution < -0.4 is 5.32 Å². The Kier molecular flexibility index (Phi) is 2.74. The highest BCUT2D eigenvalue weighted by atomic mass is 32.2. The van der Waals surface area contributed by atoms with Crippen molar-refractivity contribution >= 4 is 16.9 Å². The molecule has 1 heterocycles. The zero-order chi connectivity index (χ0) is 7.56. The van der Waals surface area contributed by atoms with Gasteiger partial charge in [0.05, 0.1) is 0 Å². The van der Waals surface area contributed by atoms with Gasteiger partial charge in [-0.05, 0) is 13.3 Å². The molecule has 0 aliphatic carbocycles. The maximum absolute atomic E-state index is 10.6. The van der Waals surface area contributed by atoms with Crippen molar-refractivity contribution in [1.82, 2.24) is 5.32 Å². The van der Waals surface area contributed by atoms with E-state index in [9.17, 15) is 4.79 Å². The topological polar surface area (TPSA) is 29.1 Å². The fraction of sp³-hybridized carbons (Fsp3) is 0.857. The molecule has 3 heteroatoms. The highest BCUT2D eigenvalue weighted by molar-refractivity contribution is 8.14. The summed E-state index contributed by atoms with van der Waals surface area (Å²) in [5.74, 6) is 0. The third-order valence-corrected chi connectivity index (χ3v) is 2.67. The average Bonchev–Trinajstić information content (AvgIpc) is 2.13. The van der Waals surface area contributed by atoms with E-state index in [0.717, 1.165) is 13.0 Å². The van der Waals surface area contributed by atoms with Crippen molar-refractivity contribution in [3.05, 3.63) is 0 Å². The van der Waals surface area contributed by atoms with Crippen LogP contribution >= 0.6 is 11.8 Å². The van der Waals surface area contributed by atoms with Gasteiger partial charge in [0.1, 0.15) is 0 Å². The molecule has 0 amide bonds. The van der Waals surface area contributed by atoms with E-state index < -0.39 is 0 Å². The lowest BCUT2D eigenvalue weighted by Gasteiger charge is -2.02. The summed E-state index contributed by atoms with van der Waals surface area (Å²) in [4.78, 5) is 10.6. The first kappa shape index (κ1) is 8.08. The Morgan fingerprint density at radius 3 is 2.80 bits per heavy atom. The van der Waals surface area contributed by atoms with E-state index in [0.29, 0.717) is 11.3 Å². The van der Waals surface area contributed by atoms with E-state index >= 15 is 0 Å². The van der Waals surface area contributed by atoms with Crippen LogP contribution in [0.3, 0.4) is 0 Å². The van der Waals surface area contributed by atoms with Crippen molar-refractivity contribution in [2.75, 3.05) is 6.54 Å². The van der Waals surface area contributed by atoms with Gasteiger partial charge in [0.2, 0.25) is 0 Å². The third kappa shape index (κ3) is 2.31. The Bertz CT molecular complexity index is 138. The molecule has 2 nitrogen and oxygen atoms in total. The van der Waals surface area contributed by atoms with E-state index in [1.165, 1.54) is 11.8 Å². The van der Waals surface area contributed by atoms with Gasteiger partial charge in [0.15, 0.2) is 5.12 Å². The number of rotatable bonds is 1. The summed E-state index contributed by atoms with van der Waals surface area (Å²) in [5, 5.41) is 4.06. The van der Waals surface area contributed by atoms with Crippen LogP contribution in [0.4, 0.5) is 0 Å². The van der Waals surface area contributed by atoms with E-state index in [-0.39, 0.29) is 5.12 Å². The van der Waals surface area contributed by atoms with Crippen molar-refractivity contribution in [2.24, 2.45) is 0 Å². The Balaban J connectivity index is 2.24. The lowest BCUT2D eigenvalue weighted by molar-refractivity contribution is -0.109. The van der Waals surface area contributed by atoms with E-state index in [4.69, 9.17) is 0 Å². The zero-order valence-corrected chi connectivity index (χ0v) is 7.20. The van der Waals surface area contributed by atoms with Crippen molar-refractivity contribution in [3.63, 3.8) is 0 Å². The molecule has 0 saturated carbocycles. The number of carbonyl (C=O) groups is 1. The Morgan fingerprint density at radius 1 is 1.70 bits per heavy atom. The van der Waals surface area contributed by atoms with Gasteiger partial charge in [-0.25, -0.2) is 0 Å². The molecule has 0 radical (unpaired) electrons. The third-order valence-electron chi connectivity index (χ3n) is 1.64. The van der Waals surface area contributed by atoms with Crippen LogP contribution in [-0.4, -0.2) is 23.0 Å². The van der Waals surface area contributed by atoms with Gasteiger partial charge in [0, 0.05) is 24.8 Å². The smallest absolute Gasteiger partial charge is 0.186 e. The molecule has 10 heavy (non-hydrogen) atoms. The number of thioether (sulfide) groups is 1. The van der Waals surface area contributed by atoms with E-state index in [1.807, 2.05) is 0 Å². The van der Waals surface area contributed by atoms with Crippen LogP contribution in [0.25, 0.3) is 0 Å². The second-order valence-electron chi connectivity index (χ2n) is 2.78. The summed E-state index contributed by atoms with van der Waals surface area (Å²) in [7, 11) is 0. The summed E-state index contributed by atoms with van der Waals surface area (Å²) >= 11 is 1.46. The number of carbonyl (C=O) groups excluding carboxylic acids is 1. The van der Waals surface area contributed by atoms with Crippen LogP contribution in [0.15, 0.2) is 0 Å². The molecule has 58 valence electrons. The second-order valence-corrected chi connectivity index (χ2v) is 4.25. The molecule has 2 unspecified atom stereocenters. The second kappa shape index (κ2) is 3.39. The standard InChI is InChI=1S/C7H13NOS/c1-5-3-7(4-8-5)10-6(2)9/h5,7-8H,3-4H2,1-2H3. The summed E-state index contributed by atoms with van der Waals surface area (Å²) in [6.07, 6.45) is 1.13. The summed E-state index contributed by atoms with van der Waals surface area (Å²) in [6, 6.07) is 0.594. The molecular formula is C7H13NOS. The first-order valence-corrected chi connectivity index (χ1v) is 4.47. The molecule has 0 aromatic heterocycles. The van der Waals surface area contributed by atoms with Gasteiger partial charge in [-0.1, -0.05) is 11.8 Å². The lowest BCUT2D eigenvalue weighted by atomic mass is 10.2. The van der Waals surface area contributed by atoms with E-state index in [1.54, 1.807) is 6.92 Å². The fourth-order valence-electron chi connectivity index (χ4n) is 1.22. The van der Waals surface area contributed by atoms with Crippen LogP contribution in [-0.2, 0) is 4.79 Å². The zero-order valence-electron chi connectivity index (χ0n) is 6.39. The van der Waals surface area contributed by atoms with Crippen molar-refractivity contribution in [3.8, 4) is 0 Å². The fourth-order valence-corrected chi connectivity index (χ4v) is 2.25. The summed E-state index contributed by atoms with van der Waals surface area (Å²) < 4.78 is 0. The van der Waals surface area contributed by atoms with Crippen LogP contribution in [0, 0.1) is 0 Å². The minimum atomic E-state index is 0.237. The van der Waals surface area contributed by atoms with Crippen molar-refractivity contribution in [1.29, 1.82) is 0 Å². The first-order chi connectivity index (χ1) is 4.68. The predicted molar refractivity (Wildman–Crippen MR) is 44.1 cm³/mol. The average molecular weight is 159 g/mol. The monoisotopic (exact) mass is 159 g/mol. The van der Waals surface area contributed by atoms with E-state index in [2.05, 4.69) is 12.2 Å².